The van der Waals surface area contributed by atoms with Crippen molar-refractivity contribution in [3.63, 3.8) is 0 Å². The summed E-state index contributed by atoms with van der Waals surface area (Å²) in [6.07, 6.45) is 1.41. The van der Waals surface area contributed by atoms with E-state index in [4.69, 9.17) is 4.99 Å². The van der Waals surface area contributed by atoms with Gasteiger partial charge in [0.05, 0.1) is 17.0 Å². The van der Waals surface area contributed by atoms with Gasteiger partial charge < -0.3 is 10.6 Å². The molecule has 0 aliphatic carbocycles. The maximum atomic E-state index is 13.2. The Labute approximate surface area is 198 Å². The number of hydrogen-bond acceptors (Lipinski definition) is 5. The highest BCUT2D eigenvalue weighted by Gasteiger charge is 2.43. The molecule has 1 fully saturated rings. The number of halogens is 1. The van der Waals surface area contributed by atoms with Gasteiger partial charge in [-0.1, -0.05) is 35.9 Å². The van der Waals surface area contributed by atoms with Crippen molar-refractivity contribution in [2.24, 2.45) is 4.99 Å². The van der Waals surface area contributed by atoms with Crippen LogP contribution in [0.3, 0.4) is 0 Å². The van der Waals surface area contributed by atoms with E-state index in [0.717, 1.165) is 30.1 Å². The summed E-state index contributed by atoms with van der Waals surface area (Å²) in [4.78, 5) is 5.16. The first-order valence-corrected chi connectivity index (χ1v) is 12.4. The standard InChI is InChI=1S/C24H32N4O2S.ClH/c1-18-4-7-21(8-5-18)17-26-23-24(27-13-12-25-23)10-14-28(15-11-24)31(29,30)22-9-6-19(2)20(3)16-22;/h4-9,16,27H,10-15,17H2,1-3H3,(H,25,26);1H. The lowest BCUT2D eigenvalue weighted by atomic mass is 9.85. The molecule has 2 aliphatic heterocycles. The topological polar surface area (TPSA) is 73.8 Å². The predicted octanol–water partition coefficient (Wildman–Crippen LogP) is 3.35. The molecule has 0 unspecified atom stereocenters. The fourth-order valence-corrected chi connectivity index (χ4v) is 5.89. The van der Waals surface area contributed by atoms with Crippen molar-refractivity contribution in [3.05, 3.63) is 64.7 Å². The summed E-state index contributed by atoms with van der Waals surface area (Å²) in [5, 5.41) is 7.18. The minimum atomic E-state index is -3.49. The zero-order valence-electron chi connectivity index (χ0n) is 19.0. The van der Waals surface area contributed by atoms with Crippen molar-refractivity contribution < 1.29 is 8.42 Å². The van der Waals surface area contributed by atoms with E-state index in [1.165, 1.54) is 11.1 Å². The van der Waals surface area contributed by atoms with Gasteiger partial charge in [0.15, 0.2) is 0 Å². The molecular weight excluding hydrogens is 444 g/mol. The van der Waals surface area contributed by atoms with Crippen molar-refractivity contribution in [1.29, 1.82) is 0 Å². The van der Waals surface area contributed by atoms with Crippen LogP contribution in [-0.2, 0) is 16.6 Å². The molecule has 174 valence electrons. The van der Waals surface area contributed by atoms with Gasteiger partial charge in [-0.25, -0.2) is 8.42 Å². The monoisotopic (exact) mass is 476 g/mol. The number of amidine groups is 1. The van der Waals surface area contributed by atoms with Crippen LogP contribution in [0.5, 0.6) is 0 Å². The highest BCUT2D eigenvalue weighted by molar-refractivity contribution is 7.89. The Kier molecular flexibility index (Phi) is 7.65. The zero-order chi connectivity index (χ0) is 22.1. The Balaban J connectivity index is 0.00000289. The highest BCUT2D eigenvalue weighted by Crippen LogP contribution is 2.29. The number of aliphatic imine (C=N–C) groups is 1. The first-order chi connectivity index (χ1) is 14.8. The van der Waals surface area contributed by atoms with Crippen molar-refractivity contribution in [1.82, 2.24) is 14.9 Å². The number of sulfonamides is 1. The summed E-state index contributed by atoms with van der Waals surface area (Å²) < 4.78 is 28.0. The molecule has 2 aromatic carbocycles. The van der Waals surface area contributed by atoms with Gasteiger partial charge in [-0.2, -0.15) is 4.31 Å². The van der Waals surface area contributed by atoms with Crippen LogP contribution < -0.4 is 10.6 Å². The lowest BCUT2D eigenvalue weighted by molar-refractivity contribution is 0.241. The largest absolute Gasteiger partial charge is 0.368 e. The average Bonchev–Trinajstić information content (AvgIpc) is 2.76. The van der Waals surface area contributed by atoms with Crippen molar-refractivity contribution >= 4 is 28.3 Å². The number of benzene rings is 2. The molecule has 2 N–H and O–H groups in total. The van der Waals surface area contributed by atoms with Crippen LogP contribution in [0.4, 0.5) is 0 Å². The van der Waals surface area contributed by atoms with E-state index in [0.29, 0.717) is 37.4 Å². The van der Waals surface area contributed by atoms with Crippen molar-refractivity contribution in [2.75, 3.05) is 26.2 Å². The maximum Gasteiger partial charge on any atom is 0.243 e. The molecule has 0 atom stereocenters. The Morgan fingerprint density at radius 1 is 1.03 bits per heavy atom. The third-order valence-electron chi connectivity index (χ3n) is 6.57. The van der Waals surface area contributed by atoms with E-state index in [1.54, 1.807) is 16.4 Å². The first kappa shape index (κ1) is 24.7. The molecule has 8 heteroatoms. The molecule has 0 bridgehead atoms. The normalized spacial score (nSPS) is 18.7. The second kappa shape index (κ2) is 9.91. The lowest BCUT2D eigenvalue weighted by Gasteiger charge is -2.44. The van der Waals surface area contributed by atoms with Crippen LogP contribution >= 0.6 is 12.4 Å². The van der Waals surface area contributed by atoms with Crippen LogP contribution in [0.15, 0.2) is 52.4 Å². The van der Waals surface area contributed by atoms with Gasteiger partial charge in [0, 0.05) is 26.2 Å². The van der Waals surface area contributed by atoms with E-state index in [-0.39, 0.29) is 17.9 Å². The zero-order valence-corrected chi connectivity index (χ0v) is 20.7. The Morgan fingerprint density at radius 3 is 2.38 bits per heavy atom. The summed E-state index contributed by atoms with van der Waals surface area (Å²) in [6, 6.07) is 13.9. The summed E-state index contributed by atoms with van der Waals surface area (Å²) in [5.41, 5.74) is 4.28. The number of hydrogen-bond donors (Lipinski definition) is 2. The molecule has 2 aromatic rings. The maximum absolute atomic E-state index is 13.2. The molecule has 0 saturated carbocycles. The molecule has 2 aliphatic rings. The minimum Gasteiger partial charge on any atom is -0.368 e. The van der Waals surface area contributed by atoms with E-state index in [2.05, 4.69) is 41.8 Å². The molecule has 0 radical (unpaired) electrons. The van der Waals surface area contributed by atoms with Gasteiger partial charge in [-0.15, -0.1) is 12.4 Å². The van der Waals surface area contributed by atoms with Gasteiger partial charge in [0.2, 0.25) is 10.0 Å². The molecule has 4 rings (SSSR count). The quantitative estimate of drug-likeness (QED) is 0.709. The summed E-state index contributed by atoms with van der Waals surface area (Å²) in [6.45, 7) is 9.26. The Bertz CT molecular complexity index is 1080. The second-order valence-corrected chi connectivity index (χ2v) is 10.7. The summed E-state index contributed by atoms with van der Waals surface area (Å²) in [5.74, 6) is 0.961. The summed E-state index contributed by atoms with van der Waals surface area (Å²) in [7, 11) is -3.49. The average molecular weight is 477 g/mol. The molecule has 32 heavy (non-hydrogen) atoms. The van der Waals surface area contributed by atoms with Crippen LogP contribution in [-0.4, -0.2) is 50.3 Å². The Hall–Kier alpha value is -1.93. The third-order valence-corrected chi connectivity index (χ3v) is 8.47. The van der Waals surface area contributed by atoms with Crippen LogP contribution in [0.25, 0.3) is 0 Å². The number of aryl methyl sites for hydroxylation is 3. The number of rotatable bonds is 4. The SMILES string of the molecule is Cc1ccc(CNC2=NCCNC23CCN(S(=O)(=O)c2ccc(C)c(C)c2)CC3)cc1.Cl. The van der Waals surface area contributed by atoms with E-state index in [9.17, 15) is 8.42 Å². The minimum absolute atomic E-state index is 0. The van der Waals surface area contributed by atoms with Crippen LogP contribution in [0, 0.1) is 20.8 Å². The van der Waals surface area contributed by atoms with Gasteiger partial charge >= 0.3 is 0 Å². The fraction of sp³-hybridized carbons (Fsp3) is 0.458. The smallest absolute Gasteiger partial charge is 0.243 e. The second-order valence-electron chi connectivity index (χ2n) is 8.73. The van der Waals surface area contributed by atoms with Gasteiger partial charge in [0.1, 0.15) is 5.84 Å². The van der Waals surface area contributed by atoms with Gasteiger partial charge in [0.25, 0.3) is 0 Å². The van der Waals surface area contributed by atoms with Crippen LogP contribution in [0.1, 0.15) is 35.1 Å². The molecule has 6 nitrogen and oxygen atoms in total. The molecular formula is C24H33ClN4O2S. The van der Waals surface area contributed by atoms with E-state index < -0.39 is 10.0 Å². The Morgan fingerprint density at radius 2 is 1.72 bits per heavy atom. The van der Waals surface area contributed by atoms with Gasteiger partial charge in [-0.05, 0) is 62.4 Å². The molecule has 1 spiro atoms. The fourth-order valence-electron chi connectivity index (χ4n) is 4.36. The van der Waals surface area contributed by atoms with E-state index >= 15 is 0 Å². The molecule has 0 amide bonds. The first-order valence-electron chi connectivity index (χ1n) is 11.0. The van der Waals surface area contributed by atoms with Gasteiger partial charge in [-0.3, -0.25) is 4.99 Å². The molecule has 0 aromatic heterocycles. The number of piperidine rings is 1. The summed E-state index contributed by atoms with van der Waals surface area (Å²) >= 11 is 0. The lowest BCUT2D eigenvalue weighted by Crippen LogP contribution is -2.64. The third kappa shape index (κ3) is 5.01. The van der Waals surface area contributed by atoms with Crippen molar-refractivity contribution in [2.45, 2.75) is 50.6 Å². The number of nitrogens with zero attached hydrogens (tertiary/aromatic N) is 2. The van der Waals surface area contributed by atoms with Crippen molar-refractivity contribution in [3.8, 4) is 0 Å². The number of nitrogens with one attached hydrogen (secondary N) is 2. The molecule has 1 saturated heterocycles. The van der Waals surface area contributed by atoms with E-state index in [1.807, 2.05) is 19.9 Å². The predicted molar refractivity (Wildman–Crippen MR) is 132 cm³/mol. The van der Waals surface area contributed by atoms with Crippen LogP contribution in [0.2, 0.25) is 0 Å². The highest BCUT2D eigenvalue weighted by atomic mass is 35.5. The molecule has 2 heterocycles.